The standard InChI is InChI=1S/C23H22BrN3O4S/c1-17-11-13-19(14-12-17)32(29,30)27(21-9-5-6-10-22(21)31-2)16-23(28)26-25-15-18-7-3-4-8-20(18)24/h3-15H,16H2,1-2H3,(H,26,28)/b25-15-. The predicted molar refractivity (Wildman–Crippen MR) is 129 cm³/mol. The van der Waals surface area contributed by atoms with Crippen LogP contribution in [-0.2, 0) is 14.8 Å². The van der Waals surface area contributed by atoms with Crippen molar-refractivity contribution in [2.75, 3.05) is 18.0 Å². The van der Waals surface area contributed by atoms with E-state index in [4.69, 9.17) is 4.74 Å². The average Bonchev–Trinajstić information content (AvgIpc) is 2.79. The van der Waals surface area contributed by atoms with Gasteiger partial charge < -0.3 is 4.74 Å². The van der Waals surface area contributed by atoms with E-state index in [9.17, 15) is 13.2 Å². The molecule has 1 amide bonds. The number of halogens is 1. The second-order valence-corrected chi connectivity index (χ2v) is 9.53. The van der Waals surface area contributed by atoms with Crippen LogP contribution >= 0.6 is 15.9 Å². The van der Waals surface area contributed by atoms with Gasteiger partial charge in [0, 0.05) is 10.0 Å². The lowest BCUT2D eigenvalue weighted by Gasteiger charge is -2.25. The number of sulfonamides is 1. The zero-order chi connectivity index (χ0) is 23.1. The molecule has 1 N–H and O–H groups in total. The minimum Gasteiger partial charge on any atom is -0.495 e. The number of benzene rings is 3. The van der Waals surface area contributed by atoms with Crippen molar-refractivity contribution in [3.63, 3.8) is 0 Å². The quantitative estimate of drug-likeness (QED) is 0.361. The molecular formula is C23H22BrN3O4S. The van der Waals surface area contributed by atoms with E-state index in [-0.39, 0.29) is 10.6 Å². The van der Waals surface area contributed by atoms with Gasteiger partial charge in [-0.3, -0.25) is 9.10 Å². The molecule has 0 saturated carbocycles. The first-order chi connectivity index (χ1) is 15.3. The summed E-state index contributed by atoms with van der Waals surface area (Å²) >= 11 is 3.40. The number of hydrogen-bond acceptors (Lipinski definition) is 5. The molecule has 0 unspecified atom stereocenters. The van der Waals surface area contributed by atoms with E-state index < -0.39 is 22.5 Å². The van der Waals surface area contributed by atoms with Gasteiger partial charge in [0.1, 0.15) is 12.3 Å². The molecule has 0 spiro atoms. The minimum atomic E-state index is -4.05. The summed E-state index contributed by atoms with van der Waals surface area (Å²) in [6, 6.07) is 20.4. The maximum atomic E-state index is 13.4. The van der Waals surface area contributed by atoms with Crippen LogP contribution in [0.25, 0.3) is 0 Å². The second-order valence-electron chi connectivity index (χ2n) is 6.81. The zero-order valence-electron chi connectivity index (χ0n) is 17.5. The van der Waals surface area contributed by atoms with Gasteiger partial charge in [0.2, 0.25) is 0 Å². The fraction of sp³-hybridized carbons (Fsp3) is 0.130. The number of amides is 1. The predicted octanol–water partition coefficient (Wildman–Crippen LogP) is 4.11. The van der Waals surface area contributed by atoms with Gasteiger partial charge in [-0.1, -0.05) is 64.0 Å². The molecule has 3 aromatic rings. The van der Waals surface area contributed by atoms with Crippen molar-refractivity contribution in [2.45, 2.75) is 11.8 Å². The molecule has 0 saturated heterocycles. The van der Waals surface area contributed by atoms with Gasteiger partial charge >= 0.3 is 0 Å². The maximum absolute atomic E-state index is 13.4. The van der Waals surface area contributed by atoms with Gasteiger partial charge in [-0.25, -0.2) is 13.8 Å². The highest BCUT2D eigenvalue weighted by molar-refractivity contribution is 9.10. The Balaban J connectivity index is 1.90. The van der Waals surface area contributed by atoms with Gasteiger partial charge in [-0.05, 0) is 37.3 Å². The number of methoxy groups -OCH3 is 1. The molecule has 0 heterocycles. The molecule has 0 aromatic heterocycles. The Hall–Kier alpha value is -3.17. The van der Waals surface area contributed by atoms with Crippen LogP contribution in [0.1, 0.15) is 11.1 Å². The first-order valence-electron chi connectivity index (χ1n) is 9.62. The molecule has 0 radical (unpaired) electrons. The van der Waals surface area contributed by atoms with Crippen LogP contribution in [0.2, 0.25) is 0 Å². The number of hydrazone groups is 1. The van der Waals surface area contributed by atoms with Crippen molar-refractivity contribution in [1.29, 1.82) is 0 Å². The maximum Gasteiger partial charge on any atom is 0.264 e. The van der Waals surface area contributed by atoms with Crippen molar-refractivity contribution in [2.24, 2.45) is 5.10 Å². The second kappa shape index (κ2) is 10.4. The number of hydrogen-bond donors (Lipinski definition) is 1. The summed E-state index contributed by atoms with van der Waals surface area (Å²) in [5.74, 6) is -0.275. The van der Waals surface area contributed by atoms with E-state index in [1.807, 2.05) is 31.2 Å². The molecule has 3 aromatic carbocycles. The number of rotatable bonds is 8. The number of nitrogens with zero attached hydrogens (tertiary/aromatic N) is 2. The summed E-state index contributed by atoms with van der Waals surface area (Å²) in [6.07, 6.45) is 1.48. The van der Waals surface area contributed by atoms with E-state index in [2.05, 4.69) is 26.5 Å². The number of para-hydroxylation sites is 2. The van der Waals surface area contributed by atoms with Crippen LogP contribution in [0.4, 0.5) is 5.69 Å². The Morgan fingerprint density at radius 2 is 1.72 bits per heavy atom. The Labute approximate surface area is 195 Å². The average molecular weight is 516 g/mol. The monoisotopic (exact) mass is 515 g/mol. The fourth-order valence-electron chi connectivity index (χ4n) is 2.89. The molecule has 0 aliphatic rings. The highest BCUT2D eigenvalue weighted by Gasteiger charge is 2.29. The third-order valence-electron chi connectivity index (χ3n) is 4.55. The van der Waals surface area contributed by atoms with E-state index in [1.165, 1.54) is 25.5 Å². The molecule has 0 bridgehead atoms. The molecular weight excluding hydrogens is 494 g/mol. The highest BCUT2D eigenvalue weighted by atomic mass is 79.9. The summed E-state index contributed by atoms with van der Waals surface area (Å²) in [5, 5.41) is 3.95. The van der Waals surface area contributed by atoms with E-state index in [1.54, 1.807) is 36.4 Å². The van der Waals surface area contributed by atoms with Gasteiger partial charge in [0.25, 0.3) is 15.9 Å². The smallest absolute Gasteiger partial charge is 0.264 e. The van der Waals surface area contributed by atoms with Crippen molar-refractivity contribution in [3.05, 3.63) is 88.4 Å². The first kappa shape index (κ1) is 23.5. The molecule has 0 aliphatic carbocycles. The Morgan fingerprint density at radius 3 is 2.41 bits per heavy atom. The molecule has 166 valence electrons. The summed E-state index contributed by atoms with van der Waals surface area (Å²) in [7, 11) is -2.61. The number of nitrogens with one attached hydrogen (secondary N) is 1. The van der Waals surface area contributed by atoms with Crippen LogP contribution in [0, 0.1) is 6.92 Å². The van der Waals surface area contributed by atoms with Crippen molar-refractivity contribution in [3.8, 4) is 5.75 Å². The lowest BCUT2D eigenvalue weighted by atomic mass is 10.2. The minimum absolute atomic E-state index is 0.0681. The summed E-state index contributed by atoms with van der Waals surface area (Å²) in [6.45, 7) is 1.38. The number of carbonyl (C=O) groups excluding carboxylic acids is 1. The highest BCUT2D eigenvalue weighted by Crippen LogP contribution is 2.32. The van der Waals surface area contributed by atoms with E-state index in [0.717, 1.165) is 19.9 Å². The molecule has 0 fully saturated rings. The van der Waals surface area contributed by atoms with Crippen LogP contribution in [-0.4, -0.2) is 34.2 Å². The van der Waals surface area contributed by atoms with Crippen molar-refractivity contribution < 1.29 is 17.9 Å². The molecule has 3 rings (SSSR count). The lowest BCUT2D eigenvalue weighted by Crippen LogP contribution is -2.39. The summed E-state index contributed by atoms with van der Waals surface area (Å²) < 4.78 is 34.0. The van der Waals surface area contributed by atoms with Crippen molar-refractivity contribution >= 4 is 43.8 Å². The van der Waals surface area contributed by atoms with Crippen LogP contribution in [0.5, 0.6) is 5.75 Å². The van der Waals surface area contributed by atoms with Crippen LogP contribution in [0.15, 0.2) is 87.3 Å². The summed E-state index contributed by atoms with van der Waals surface area (Å²) in [4.78, 5) is 12.7. The number of anilines is 1. The molecule has 0 atom stereocenters. The number of carbonyl (C=O) groups is 1. The fourth-order valence-corrected chi connectivity index (χ4v) is 4.71. The molecule has 7 nitrogen and oxygen atoms in total. The van der Waals surface area contributed by atoms with Gasteiger partial charge in [0.15, 0.2) is 0 Å². The normalized spacial score (nSPS) is 11.3. The van der Waals surface area contributed by atoms with E-state index >= 15 is 0 Å². The number of ether oxygens (including phenoxy) is 1. The first-order valence-corrected chi connectivity index (χ1v) is 11.8. The Bertz CT molecular complexity index is 1230. The topological polar surface area (TPSA) is 88.1 Å². The third kappa shape index (κ3) is 5.54. The Kier molecular flexibility index (Phi) is 7.66. The van der Waals surface area contributed by atoms with Gasteiger partial charge in [-0.15, -0.1) is 0 Å². The van der Waals surface area contributed by atoms with E-state index in [0.29, 0.717) is 5.75 Å². The SMILES string of the molecule is COc1ccccc1N(CC(=O)N/N=C\c1ccccc1Br)S(=O)(=O)c1ccc(C)cc1. The van der Waals surface area contributed by atoms with Crippen LogP contribution < -0.4 is 14.5 Å². The zero-order valence-corrected chi connectivity index (χ0v) is 19.9. The molecule has 9 heteroatoms. The molecule has 0 aliphatic heterocycles. The van der Waals surface area contributed by atoms with Gasteiger partial charge in [0.05, 0.1) is 23.9 Å². The molecule has 32 heavy (non-hydrogen) atoms. The van der Waals surface area contributed by atoms with Gasteiger partial charge in [-0.2, -0.15) is 5.10 Å². The third-order valence-corrected chi connectivity index (χ3v) is 7.04. The Morgan fingerprint density at radius 1 is 1.06 bits per heavy atom. The number of aryl methyl sites for hydroxylation is 1. The van der Waals surface area contributed by atoms with Crippen molar-refractivity contribution in [1.82, 2.24) is 5.43 Å². The summed E-state index contributed by atoms with van der Waals surface area (Å²) in [5.41, 5.74) is 4.33. The van der Waals surface area contributed by atoms with Crippen LogP contribution in [0.3, 0.4) is 0 Å². The largest absolute Gasteiger partial charge is 0.495 e. The lowest BCUT2D eigenvalue weighted by molar-refractivity contribution is -0.119.